The van der Waals surface area contributed by atoms with Crippen molar-refractivity contribution in [1.82, 2.24) is 40.4 Å². The molecule has 0 bridgehead atoms. The second-order valence-corrected chi connectivity index (χ2v) is 14.1. The highest BCUT2D eigenvalue weighted by Gasteiger charge is 2.50. The molecule has 4 amide bonds. The summed E-state index contributed by atoms with van der Waals surface area (Å²) in [5.41, 5.74) is 1.33. The number of carbonyl (C=O) groups excluding carboxylic acids is 4. The number of methoxy groups -OCH3 is 2. The van der Waals surface area contributed by atoms with Crippen LogP contribution >= 0.6 is 0 Å². The van der Waals surface area contributed by atoms with Crippen LogP contribution in [0.1, 0.15) is 73.5 Å². The van der Waals surface area contributed by atoms with Gasteiger partial charge in [-0.1, -0.05) is 42.5 Å². The monoisotopic (exact) mass is 742 g/mol. The molecule has 2 unspecified atom stereocenters. The number of aromatic amines is 2. The van der Waals surface area contributed by atoms with Crippen LogP contribution < -0.4 is 10.6 Å². The van der Waals surface area contributed by atoms with E-state index in [-0.39, 0.29) is 37.1 Å². The van der Waals surface area contributed by atoms with Crippen molar-refractivity contribution in [3.63, 3.8) is 0 Å². The fourth-order valence-corrected chi connectivity index (χ4v) is 7.76. The van der Waals surface area contributed by atoms with Crippen LogP contribution in [0.5, 0.6) is 0 Å². The first-order valence-electron chi connectivity index (χ1n) is 18.3. The van der Waals surface area contributed by atoms with Crippen molar-refractivity contribution in [2.24, 2.45) is 0 Å². The van der Waals surface area contributed by atoms with E-state index in [2.05, 4.69) is 30.6 Å². The van der Waals surface area contributed by atoms with Crippen molar-refractivity contribution in [1.29, 1.82) is 0 Å². The summed E-state index contributed by atoms with van der Waals surface area (Å²) in [7, 11) is 2.55. The van der Waals surface area contributed by atoms with Crippen LogP contribution in [-0.2, 0) is 28.5 Å². The van der Waals surface area contributed by atoms with Gasteiger partial charge in [0.25, 0.3) is 11.8 Å². The van der Waals surface area contributed by atoms with Crippen molar-refractivity contribution in [2.45, 2.75) is 61.7 Å². The summed E-state index contributed by atoms with van der Waals surface area (Å²) in [5.74, 6) is 1.03. The summed E-state index contributed by atoms with van der Waals surface area (Å²) in [6, 6.07) is 7.60. The summed E-state index contributed by atoms with van der Waals surface area (Å²) < 4.78 is 20.6. The van der Waals surface area contributed by atoms with E-state index in [1.165, 1.54) is 14.2 Å². The number of carbonyl (C=O) groups is 4. The molecule has 4 aliphatic rings. The summed E-state index contributed by atoms with van der Waals surface area (Å²) >= 11 is 0. The molecule has 0 saturated carbocycles. The highest BCUT2D eigenvalue weighted by Crippen LogP contribution is 2.36. The van der Waals surface area contributed by atoms with Gasteiger partial charge >= 0.3 is 12.2 Å². The van der Waals surface area contributed by atoms with Gasteiger partial charge in [0.1, 0.15) is 22.7 Å². The molecule has 54 heavy (non-hydrogen) atoms. The maximum atomic E-state index is 13.8. The number of benzene rings is 1. The average Bonchev–Trinajstić information content (AvgIpc) is 4.04. The average molecular weight is 743 g/mol. The molecule has 4 saturated heterocycles. The molecule has 6 heterocycles. The first-order valence-corrected chi connectivity index (χ1v) is 18.3. The quantitative estimate of drug-likeness (QED) is 0.222. The largest absolute Gasteiger partial charge is 0.453 e. The van der Waals surface area contributed by atoms with Crippen LogP contribution in [-0.4, -0.2) is 119 Å². The van der Waals surface area contributed by atoms with Crippen LogP contribution in [0.2, 0.25) is 0 Å². The summed E-state index contributed by atoms with van der Waals surface area (Å²) in [4.78, 5) is 71.2. The van der Waals surface area contributed by atoms with E-state index in [0.29, 0.717) is 50.8 Å². The number of nitrogens with zero attached hydrogens (tertiary/aromatic N) is 4. The number of alkyl carbamates (subject to hydrolysis) is 2. The first kappa shape index (κ1) is 36.9. The second-order valence-electron chi connectivity index (χ2n) is 14.1. The van der Waals surface area contributed by atoms with Crippen molar-refractivity contribution >= 4 is 36.2 Å². The molecular weight excluding hydrogens is 696 g/mol. The van der Waals surface area contributed by atoms with Crippen molar-refractivity contribution < 1.29 is 38.1 Å². The van der Waals surface area contributed by atoms with Gasteiger partial charge in [0, 0.05) is 39.1 Å². The van der Waals surface area contributed by atoms with Gasteiger partial charge in [-0.3, -0.25) is 9.59 Å². The third-order valence-corrected chi connectivity index (χ3v) is 10.7. The summed E-state index contributed by atoms with van der Waals surface area (Å²) in [5, 5.41) is 5.46. The van der Waals surface area contributed by atoms with Crippen LogP contribution in [0.15, 0.2) is 48.8 Å². The number of imidazole rings is 2. The summed E-state index contributed by atoms with van der Waals surface area (Å²) in [6.07, 6.45) is 13.9. The Hall–Kier alpha value is -5.48. The number of allylic oxidation sites excluding steroid dienone is 2. The lowest BCUT2D eigenvalue weighted by atomic mass is 9.96. The lowest BCUT2D eigenvalue weighted by Crippen LogP contribution is -2.60. The Labute approximate surface area is 312 Å². The highest BCUT2D eigenvalue weighted by molar-refractivity contribution is 5.92. The minimum absolute atomic E-state index is 0.105. The van der Waals surface area contributed by atoms with Gasteiger partial charge in [0.15, 0.2) is 0 Å². The standard InChI is InChI=1S/C38H46N8O8/c1-51-35(49)43-37(15-19-53-23-37)33(47)45-17-5-9-29(45)31-39-21-27(41-31)8-4-3-7-25-11-13-26(14-12-25)28-22-40-32(42-28)30-10-6-18-46(30)34(48)38(16-20-54-24-38)44-36(50)52-2/h3-4,7-8,11-14,21-22,29-30H,5-6,9-10,15-20,23-24H2,1-2H3,(H,39,41)(H,40,42)(H,43,49)(H,44,50)/t29-,30-,37?,38?/m0/s1. The Morgan fingerprint density at radius 2 is 1.31 bits per heavy atom. The van der Waals surface area contributed by atoms with E-state index in [9.17, 15) is 19.2 Å². The van der Waals surface area contributed by atoms with Crippen LogP contribution in [0.25, 0.3) is 23.4 Å². The van der Waals surface area contributed by atoms with E-state index < -0.39 is 23.3 Å². The molecule has 4 N–H and O–H groups in total. The molecule has 0 spiro atoms. The lowest BCUT2D eigenvalue weighted by molar-refractivity contribution is -0.140. The Balaban J connectivity index is 0.954. The Morgan fingerprint density at radius 3 is 1.85 bits per heavy atom. The normalized spacial score (nSPS) is 25.5. The van der Waals surface area contributed by atoms with Gasteiger partial charge in [-0.15, -0.1) is 0 Å². The molecule has 1 aromatic carbocycles. The van der Waals surface area contributed by atoms with Gasteiger partial charge in [-0.25, -0.2) is 19.6 Å². The molecule has 4 fully saturated rings. The molecule has 16 heteroatoms. The smallest absolute Gasteiger partial charge is 0.407 e. The van der Waals surface area contributed by atoms with Gasteiger partial charge in [0.05, 0.1) is 63.3 Å². The van der Waals surface area contributed by atoms with E-state index in [1.807, 2.05) is 48.6 Å². The third-order valence-electron chi connectivity index (χ3n) is 10.7. The Morgan fingerprint density at radius 1 is 0.778 bits per heavy atom. The molecule has 286 valence electrons. The predicted molar refractivity (Wildman–Crippen MR) is 195 cm³/mol. The molecule has 2 aromatic heterocycles. The number of H-pyrrole nitrogens is 2. The molecule has 4 atom stereocenters. The fourth-order valence-electron chi connectivity index (χ4n) is 7.76. The summed E-state index contributed by atoms with van der Waals surface area (Å²) in [6.45, 7) is 2.11. The van der Waals surface area contributed by atoms with Gasteiger partial charge in [-0.2, -0.15) is 0 Å². The minimum Gasteiger partial charge on any atom is -0.453 e. The number of aromatic nitrogens is 4. The molecular formula is C38H46N8O8. The maximum Gasteiger partial charge on any atom is 0.407 e. The van der Waals surface area contributed by atoms with Gasteiger partial charge in [-0.05, 0) is 42.9 Å². The topological polar surface area (TPSA) is 193 Å². The molecule has 3 aromatic rings. The minimum atomic E-state index is -1.15. The van der Waals surface area contributed by atoms with E-state index >= 15 is 0 Å². The Kier molecular flexibility index (Phi) is 10.8. The zero-order valence-electron chi connectivity index (χ0n) is 30.5. The lowest BCUT2D eigenvalue weighted by Gasteiger charge is -2.34. The van der Waals surface area contributed by atoms with E-state index in [4.69, 9.17) is 18.9 Å². The molecule has 0 aliphatic carbocycles. The maximum absolute atomic E-state index is 13.8. The van der Waals surface area contributed by atoms with Crippen LogP contribution in [0.4, 0.5) is 9.59 Å². The molecule has 4 aliphatic heterocycles. The van der Waals surface area contributed by atoms with Crippen LogP contribution in [0, 0.1) is 0 Å². The SMILES string of the molecule is COC(=O)NC1(C(=O)N2CCC[C@H]2c2ncc(C=CC=Cc3ccc(-c4cnc([C@@H]5CCCN5C(=O)C5(NC(=O)OC)CCOC5)[nH]4)cc3)[nH]2)CCOC1. The number of likely N-dealkylation sites (tertiary alicyclic amines) is 2. The highest BCUT2D eigenvalue weighted by atomic mass is 16.5. The number of hydrogen-bond acceptors (Lipinski definition) is 10. The molecule has 7 rings (SSSR count). The second kappa shape index (κ2) is 15.9. The van der Waals surface area contributed by atoms with Gasteiger partial charge < -0.3 is 49.3 Å². The fraction of sp³-hybridized carbons (Fsp3) is 0.474. The third kappa shape index (κ3) is 7.48. The van der Waals surface area contributed by atoms with Gasteiger partial charge in [0.2, 0.25) is 0 Å². The zero-order chi connectivity index (χ0) is 37.7. The van der Waals surface area contributed by atoms with E-state index in [1.54, 1.807) is 22.2 Å². The first-order chi connectivity index (χ1) is 26.2. The Bertz CT molecular complexity index is 1890. The number of hydrogen-bond donors (Lipinski definition) is 4. The van der Waals surface area contributed by atoms with Crippen molar-refractivity contribution in [3.05, 3.63) is 71.7 Å². The predicted octanol–water partition coefficient (Wildman–Crippen LogP) is 3.88. The van der Waals surface area contributed by atoms with Crippen molar-refractivity contribution in [3.8, 4) is 11.3 Å². The number of amides is 4. The zero-order valence-corrected chi connectivity index (χ0v) is 30.5. The van der Waals surface area contributed by atoms with Crippen LogP contribution in [0.3, 0.4) is 0 Å². The number of ether oxygens (including phenoxy) is 4. The number of rotatable bonds is 10. The van der Waals surface area contributed by atoms with E-state index in [0.717, 1.165) is 48.2 Å². The molecule has 0 radical (unpaired) electrons. The van der Waals surface area contributed by atoms with Crippen molar-refractivity contribution in [2.75, 3.05) is 53.7 Å². The molecule has 16 nitrogen and oxygen atoms in total. The number of nitrogens with one attached hydrogen (secondary N) is 4.